The van der Waals surface area contributed by atoms with Gasteiger partial charge < -0.3 is 14.6 Å². The molecule has 1 N–H and O–H groups in total. The van der Waals surface area contributed by atoms with Gasteiger partial charge in [-0.05, 0) is 29.5 Å². The van der Waals surface area contributed by atoms with Crippen molar-refractivity contribution in [3.05, 3.63) is 66.1 Å². The fraction of sp³-hybridized carbons (Fsp3) is 0.348. The molecule has 1 aromatic heterocycles. The number of hydrogen-bond acceptors (Lipinski definition) is 5. The number of nitrogens with one attached hydrogen (secondary N) is 1. The van der Waals surface area contributed by atoms with Crippen LogP contribution in [0.2, 0.25) is 0 Å². The van der Waals surface area contributed by atoms with Crippen LogP contribution in [-0.4, -0.2) is 22.2 Å². The van der Waals surface area contributed by atoms with Gasteiger partial charge in [0.15, 0.2) is 6.10 Å². The van der Waals surface area contributed by atoms with E-state index in [-0.39, 0.29) is 17.9 Å². The average molecular weight is 393 g/mol. The number of amides is 1. The summed E-state index contributed by atoms with van der Waals surface area (Å²) in [7, 11) is 0. The smallest absolute Gasteiger partial charge is 0.261 e. The van der Waals surface area contributed by atoms with Crippen LogP contribution in [0.15, 0.2) is 59.1 Å². The van der Waals surface area contributed by atoms with Crippen LogP contribution >= 0.6 is 0 Å². The van der Waals surface area contributed by atoms with E-state index >= 15 is 0 Å². The van der Waals surface area contributed by atoms with Gasteiger partial charge in [-0.2, -0.15) is 4.98 Å². The minimum absolute atomic E-state index is 0.0722. The Morgan fingerprint density at radius 2 is 1.79 bits per heavy atom. The molecule has 0 saturated heterocycles. The molecule has 0 radical (unpaired) electrons. The number of benzene rings is 2. The molecule has 1 heterocycles. The number of nitrogens with zero attached hydrogens (tertiary/aromatic N) is 2. The van der Waals surface area contributed by atoms with Crippen LogP contribution in [0.25, 0.3) is 11.4 Å². The molecule has 1 atom stereocenters. The van der Waals surface area contributed by atoms with Gasteiger partial charge in [-0.25, -0.2) is 0 Å². The third-order valence-electron chi connectivity index (χ3n) is 4.58. The fourth-order valence-corrected chi connectivity index (χ4v) is 2.83. The van der Waals surface area contributed by atoms with Gasteiger partial charge in [0.2, 0.25) is 11.7 Å². The van der Waals surface area contributed by atoms with E-state index in [1.807, 2.05) is 61.5 Å². The van der Waals surface area contributed by atoms with Crippen LogP contribution < -0.4 is 10.1 Å². The molecule has 3 rings (SSSR count). The quantitative estimate of drug-likeness (QED) is 0.639. The Morgan fingerprint density at radius 3 is 2.41 bits per heavy atom. The predicted octanol–water partition coefficient (Wildman–Crippen LogP) is 4.51. The van der Waals surface area contributed by atoms with Crippen molar-refractivity contribution in [1.29, 1.82) is 0 Å². The number of rotatable bonds is 7. The summed E-state index contributed by atoms with van der Waals surface area (Å²) in [6.07, 6.45) is -0.0432. The maximum atomic E-state index is 12.5. The first kappa shape index (κ1) is 20.6. The highest BCUT2D eigenvalue weighted by Gasteiger charge is 2.20. The molecule has 0 saturated carbocycles. The van der Waals surface area contributed by atoms with E-state index in [2.05, 4.69) is 36.2 Å². The van der Waals surface area contributed by atoms with Crippen LogP contribution in [0, 0.1) is 0 Å². The highest BCUT2D eigenvalue weighted by molar-refractivity contribution is 5.81. The molecule has 152 valence electrons. The number of carbonyl (C=O) groups is 1. The molecule has 29 heavy (non-hydrogen) atoms. The standard InChI is InChI=1S/C23H27N3O3/c1-5-19(28-18-13-11-17(12-14-18)23(2,3)4)22(27)24-15-20-25-21(26-29-20)16-9-7-6-8-10-16/h6-14,19H,5,15H2,1-4H3,(H,24,27). The van der Waals surface area contributed by atoms with Gasteiger partial charge in [0.25, 0.3) is 5.91 Å². The minimum Gasteiger partial charge on any atom is -0.481 e. The molecule has 3 aromatic rings. The maximum absolute atomic E-state index is 12.5. The van der Waals surface area contributed by atoms with E-state index in [1.54, 1.807) is 0 Å². The first-order valence-corrected chi connectivity index (χ1v) is 9.79. The minimum atomic E-state index is -0.591. The average Bonchev–Trinajstić information content (AvgIpc) is 3.19. The first-order chi connectivity index (χ1) is 13.9. The van der Waals surface area contributed by atoms with Crippen molar-refractivity contribution >= 4 is 5.91 Å². The molecule has 0 aliphatic carbocycles. The van der Waals surface area contributed by atoms with Crippen molar-refractivity contribution < 1.29 is 14.1 Å². The zero-order valence-corrected chi connectivity index (χ0v) is 17.3. The summed E-state index contributed by atoms with van der Waals surface area (Å²) in [6.45, 7) is 8.54. The molecule has 6 nitrogen and oxygen atoms in total. The van der Waals surface area contributed by atoms with Crippen molar-refractivity contribution in [2.24, 2.45) is 0 Å². The molecule has 1 unspecified atom stereocenters. The van der Waals surface area contributed by atoms with Crippen molar-refractivity contribution in [3.63, 3.8) is 0 Å². The molecule has 6 heteroatoms. The Balaban J connectivity index is 1.57. The first-order valence-electron chi connectivity index (χ1n) is 9.79. The molecule has 0 bridgehead atoms. The summed E-state index contributed by atoms with van der Waals surface area (Å²) in [5.41, 5.74) is 2.15. The monoisotopic (exact) mass is 393 g/mol. The largest absolute Gasteiger partial charge is 0.481 e. The third kappa shape index (κ3) is 5.44. The summed E-state index contributed by atoms with van der Waals surface area (Å²) in [5, 5.41) is 6.77. The van der Waals surface area contributed by atoms with Crippen LogP contribution in [0.1, 0.15) is 45.6 Å². The highest BCUT2D eigenvalue weighted by atomic mass is 16.5. The second kappa shape index (κ2) is 8.90. The van der Waals surface area contributed by atoms with Gasteiger partial charge in [-0.1, -0.05) is 75.3 Å². The number of ether oxygens (including phenoxy) is 1. The van der Waals surface area contributed by atoms with Crippen LogP contribution in [-0.2, 0) is 16.8 Å². The van der Waals surface area contributed by atoms with Crippen LogP contribution in [0.4, 0.5) is 0 Å². The Bertz CT molecular complexity index is 928. The second-order valence-electron chi connectivity index (χ2n) is 7.88. The Labute approximate surface area is 171 Å². The number of hydrogen-bond donors (Lipinski definition) is 1. The van der Waals surface area contributed by atoms with Gasteiger partial charge in [0.05, 0.1) is 6.54 Å². The van der Waals surface area contributed by atoms with Crippen molar-refractivity contribution in [2.75, 3.05) is 0 Å². The molecular formula is C23H27N3O3. The lowest BCUT2D eigenvalue weighted by molar-refractivity contribution is -0.128. The van der Waals surface area contributed by atoms with E-state index in [0.717, 1.165) is 5.56 Å². The Morgan fingerprint density at radius 1 is 1.10 bits per heavy atom. The number of carbonyl (C=O) groups excluding carboxylic acids is 1. The lowest BCUT2D eigenvalue weighted by Crippen LogP contribution is -2.37. The molecule has 0 spiro atoms. The van der Waals surface area contributed by atoms with Gasteiger partial charge >= 0.3 is 0 Å². The Kier molecular flexibility index (Phi) is 6.32. The van der Waals surface area contributed by atoms with Crippen molar-refractivity contribution in [3.8, 4) is 17.1 Å². The van der Waals surface area contributed by atoms with Gasteiger partial charge in [0.1, 0.15) is 5.75 Å². The fourth-order valence-electron chi connectivity index (χ4n) is 2.83. The summed E-state index contributed by atoms with van der Waals surface area (Å²) in [5.74, 6) is 1.30. The zero-order valence-electron chi connectivity index (χ0n) is 17.3. The normalized spacial score (nSPS) is 12.4. The van der Waals surface area contributed by atoms with Crippen LogP contribution in [0.5, 0.6) is 5.75 Å². The lowest BCUT2D eigenvalue weighted by Gasteiger charge is -2.20. The van der Waals surface area contributed by atoms with Gasteiger partial charge in [-0.15, -0.1) is 0 Å². The lowest BCUT2D eigenvalue weighted by atomic mass is 9.87. The van der Waals surface area contributed by atoms with Gasteiger partial charge in [-0.3, -0.25) is 4.79 Å². The van der Waals surface area contributed by atoms with E-state index < -0.39 is 6.10 Å². The SMILES string of the molecule is CCC(Oc1ccc(C(C)(C)C)cc1)C(=O)NCc1nc(-c2ccccc2)no1. The molecule has 0 aliphatic heterocycles. The highest BCUT2D eigenvalue weighted by Crippen LogP contribution is 2.25. The summed E-state index contributed by atoms with van der Waals surface area (Å²) in [4.78, 5) is 16.8. The third-order valence-corrected chi connectivity index (χ3v) is 4.58. The second-order valence-corrected chi connectivity index (χ2v) is 7.88. The Hall–Kier alpha value is -3.15. The van der Waals surface area contributed by atoms with Gasteiger partial charge in [0, 0.05) is 5.56 Å². The summed E-state index contributed by atoms with van der Waals surface area (Å²) in [6, 6.07) is 17.4. The van der Waals surface area contributed by atoms with E-state index in [4.69, 9.17) is 9.26 Å². The maximum Gasteiger partial charge on any atom is 0.261 e. The van der Waals surface area contributed by atoms with Crippen molar-refractivity contribution in [2.45, 2.75) is 52.2 Å². The van der Waals surface area contributed by atoms with Crippen LogP contribution in [0.3, 0.4) is 0 Å². The molecule has 0 aliphatic rings. The summed E-state index contributed by atoms with van der Waals surface area (Å²) < 4.78 is 11.1. The van der Waals surface area contributed by atoms with E-state index in [9.17, 15) is 4.79 Å². The zero-order chi connectivity index (χ0) is 20.9. The summed E-state index contributed by atoms with van der Waals surface area (Å²) >= 11 is 0. The molecule has 0 fully saturated rings. The molecule has 2 aromatic carbocycles. The predicted molar refractivity (Wildman–Crippen MR) is 111 cm³/mol. The van der Waals surface area contributed by atoms with E-state index in [1.165, 1.54) is 5.56 Å². The topological polar surface area (TPSA) is 77.2 Å². The van der Waals surface area contributed by atoms with E-state index in [0.29, 0.717) is 23.9 Å². The molecule has 1 amide bonds. The number of aromatic nitrogens is 2. The van der Waals surface area contributed by atoms with Crippen molar-refractivity contribution in [1.82, 2.24) is 15.5 Å². The molecular weight excluding hydrogens is 366 g/mol.